The highest BCUT2D eigenvalue weighted by Crippen LogP contribution is 2.30. The van der Waals surface area contributed by atoms with Gasteiger partial charge < -0.3 is 5.32 Å². The summed E-state index contributed by atoms with van der Waals surface area (Å²) in [5, 5.41) is 8.24. The maximum Gasteiger partial charge on any atom is 0.262 e. The summed E-state index contributed by atoms with van der Waals surface area (Å²) in [6.45, 7) is 7.28. The Morgan fingerprint density at radius 2 is 1.65 bits per heavy atom. The predicted octanol–water partition coefficient (Wildman–Crippen LogP) is 4.38. The molecular formula is C26H23N5O3. The van der Waals surface area contributed by atoms with Crippen molar-refractivity contribution in [2.75, 3.05) is 5.32 Å². The van der Waals surface area contributed by atoms with E-state index in [9.17, 15) is 14.4 Å². The second kappa shape index (κ2) is 7.62. The number of nitrogens with zero attached hydrogens (tertiary/aromatic N) is 4. The Hall–Kier alpha value is -4.33. The van der Waals surface area contributed by atoms with Gasteiger partial charge in [-0.15, -0.1) is 0 Å². The number of carbonyl (C=O) groups is 3. The SMILES string of the molecule is Cc1nn(-c2ccccc2)c2ncc(NC(=O)c3ccc4c(c3)C(=O)N(C(C)(C)C)C4=O)cc12. The molecule has 8 heteroatoms. The average molecular weight is 454 g/mol. The van der Waals surface area contributed by atoms with E-state index >= 15 is 0 Å². The number of aromatic nitrogens is 3. The third-order valence-electron chi connectivity index (χ3n) is 5.79. The first-order chi connectivity index (χ1) is 16.1. The van der Waals surface area contributed by atoms with Crippen LogP contribution in [0, 0.1) is 6.92 Å². The van der Waals surface area contributed by atoms with E-state index < -0.39 is 17.4 Å². The molecule has 1 N–H and O–H groups in total. The van der Waals surface area contributed by atoms with Gasteiger partial charge in [-0.25, -0.2) is 9.67 Å². The van der Waals surface area contributed by atoms with Crippen LogP contribution in [0.1, 0.15) is 57.5 Å². The van der Waals surface area contributed by atoms with Gasteiger partial charge in [0.2, 0.25) is 0 Å². The van der Waals surface area contributed by atoms with Crippen molar-refractivity contribution in [3.63, 3.8) is 0 Å². The van der Waals surface area contributed by atoms with Gasteiger partial charge in [-0.3, -0.25) is 19.3 Å². The van der Waals surface area contributed by atoms with Crippen LogP contribution < -0.4 is 5.32 Å². The van der Waals surface area contributed by atoms with Crippen molar-refractivity contribution in [1.29, 1.82) is 0 Å². The quantitative estimate of drug-likeness (QED) is 0.465. The fourth-order valence-corrected chi connectivity index (χ4v) is 4.16. The first kappa shape index (κ1) is 21.5. The van der Waals surface area contributed by atoms with Crippen molar-refractivity contribution < 1.29 is 14.4 Å². The zero-order valence-corrected chi connectivity index (χ0v) is 19.3. The fourth-order valence-electron chi connectivity index (χ4n) is 4.16. The predicted molar refractivity (Wildman–Crippen MR) is 128 cm³/mol. The topological polar surface area (TPSA) is 97.2 Å². The van der Waals surface area contributed by atoms with Crippen LogP contribution in [0.5, 0.6) is 0 Å². The van der Waals surface area contributed by atoms with E-state index in [0.29, 0.717) is 16.9 Å². The highest BCUT2D eigenvalue weighted by Gasteiger charge is 2.42. The molecule has 0 bridgehead atoms. The van der Waals surface area contributed by atoms with Crippen LogP contribution in [0.15, 0.2) is 60.8 Å². The summed E-state index contributed by atoms with van der Waals surface area (Å²) >= 11 is 0. The van der Waals surface area contributed by atoms with E-state index in [2.05, 4.69) is 15.4 Å². The van der Waals surface area contributed by atoms with Crippen LogP contribution in [0.2, 0.25) is 0 Å². The molecule has 0 radical (unpaired) electrons. The maximum atomic E-state index is 13.0. The zero-order chi connectivity index (χ0) is 24.2. The monoisotopic (exact) mass is 453 g/mol. The summed E-state index contributed by atoms with van der Waals surface area (Å²) in [5.41, 5.74) is 3.05. The molecule has 3 heterocycles. The van der Waals surface area contributed by atoms with Gasteiger partial charge in [0.1, 0.15) is 0 Å². The van der Waals surface area contributed by atoms with Crippen LogP contribution in [0.3, 0.4) is 0 Å². The highest BCUT2D eigenvalue weighted by molar-refractivity contribution is 6.22. The number of fused-ring (bicyclic) bond motifs is 2. The molecule has 0 unspecified atom stereocenters. The molecule has 1 aliphatic heterocycles. The number of aryl methyl sites for hydroxylation is 1. The Morgan fingerprint density at radius 1 is 0.941 bits per heavy atom. The van der Waals surface area contributed by atoms with E-state index in [1.807, 2.05) is 43.3 Å². The van der Waals surface area contributed by atoms with Crippen molar-refractivity contribution in [1.82, 2.24) is 19.7 Å². The molecule has 0 spiro atoms. The molecule has 5 rings (SSSR count). The maximum absolute atomic E-state index is 13.0. The Labute approximate surface area is 196 Å². The minimum Gasteiger partial charge on any atom is -0.321 e. The first-order valence-corrected chi connectivity index (χ1v) is 10.9. The second-order valence-corrected chi connectivity index (χ2v) is 9.26. The van der Waals surface area contributed by atoms with Gasteiger partial charge in [0, 0.05) is 16.5 Å². The summed E-state index contributed by atoms with van der Waals surface area (Å²) in [4.78, 5) is 44.2. The van der Waals surface area contributed by atoms with E-state index in [0.717, 1.165) is 16.8 Å². The lowest BCUT2D eigenvalue weighted by Crippen LogP contribution is -2.45. The van der Waals surface area contributed by atoms with Crippen LogP contribution >= 0.6 is 0 Å². The van der Waals surface area contributed by atoms with Crippen LogP contribution in [-0.2, 0) is 0 Å². The lowest BCUT2D eigenvalue weighted by Gasteiger charge is -2.29. The molecule has 0 aliphatic carbocycles. The zero-order valence-electron chi connectivity index (χ0n) is 19.3. The normalized spacial score (nSPS) is 13.5. The molecule has 0 atom stereocenters. The van der Waals surface area contributed by atoms with E-state index in [1.54, 1.807) is 37.7 Å². The first-order valence-electron chi connectivity index (χ1n) is 10.9. The van der Waals surface area contributed by atoms with Gasteiger partial charge in [-0.05, 0) is 64.1 Å². The molecule has 8 nitrogen and oxygen atoms in total. The number of hydrogen-bond acceptors (Lipinski definition) is 5. The lowest BCUT2D eigenvalue weighted by molar-refractivity contribution is 0.0507. The number of nitrogens with one attached hydrogen (secondary N) is 1. The number of amides is 3. The van der Waals surface area contributed by atoms with Crippen molar-refractivity contribution >= 4 is 34.4 Å². The van der Waals surface area contributed by atoms with Crippen molar-refractivity contribution in [2.45, 2.75) is 33.2 Å². The molecule has 2 aromatic heterocycles. The van der Waals surface area contributed by atoms with Crippen LogP contribution in [0.4, 0.5) is 5.69 Å². The molecule has 2 aromatic carbocycles. The molecule has 0 fully saturated rings. The Morgan fingerprint density at radius 3 is 2.35 bits per heavy atom. The Balaban J connectivity index is 1.43. The van der Waals surface area contributed by atoms with Gasteiger partial charge in [0.05, 0.1) is 34.4 Å². The third kappa shape index (κ3) is 3.44. The standard InChI is InChI=1S/C26H23N5O3/c1-15-20-13-17(14-27-22(20)31(29-15)18-8-6-5-7-9-18)28-23(32)16-10-11-19-21(12-16)25(34)30(24(19)33)26(2,3)4/h5-14H,1-4H3,(H,28,32). The van der Waals surface area contributed by atoms with Crippen molar-refractivity contribution in [2.24, 2.45) is 0 Å². The average Bonchev–Trinajstić information content (AvgIpc) is 3.27. The molecule has 1 aliphatic rings. The minimum absolute atomic E-state index is 0.237. The largest absolute Gasteiger partial charge is 0.321 e. The molecular weight excluding hydrogens is 430 g/mol. The van der Waals surface area contributed by atoms with Gasteiger partial charge in [0.15, 0.2) is 5.65 Å². The second-order valence-electron chi connectivity index (χ2n) is 9.26. The van der Waals surface area contributed by atoms with E-state index in [4.69, 9.17) is 0 Å². The molecule has 0 saturated carbocycles. The van der Waals surface area contributed by atoms with Gasteiger partial charge >= 0.3 is 0 Å². The number of benzene rings is 2. The highest BCUT2D eigenvalue weighted by atomic mass is 16.2. The number of rotatable bonds is 3. The minimum atomic E-state index is -0.654. The lowest BCUT2D eigenvalue weighted by atomic mass is 10.1. The number of hydrogen-bond donors (Lipinski definition) is 1. The number of para-hydroxylation sites is 1. The Kier molecular flexibility index (Phi) is 4.82. The Bertz CT molecular complexity index is 1480. The van der Waals surface area contributed by atoms with E-state index in [-0.39, 0.29) is 17.0 Å². The summed E-state index contributed by atoms with van der Waals surface area (Å²) < 4.78 is 1.76. The number of carbonyl (C=O) groups excluding carboxylic acids is 3. The third-order valence-corrected chi connectivity index (χ3v) is 5.79. The molecule has 3 amide bonds. The molecule has 170 valence electrons. The van der Waals surface area contributed by atoms with Gasteiger partial charge in [-0.2, -0.15) is 5.10 Å². The number of imide groups is 1. The van der Waals surface area contributed by atoms with Crippen molar-refractivity contribution in [3.8, 4) is 5.69 Å². The molecule has 0 saturated heterocycles. The van der Waals surface area contributed by atoms with Gasteiger partial charge in [0.25, 0.3) is 17.7 Å². The summed E-state index contributed by atoms with van der Waals surface area (Å²) in [5.74, 6) is -1.14. The summed E-state index contributed by atoms with van der Waals surface area (Å²) in [7, 11) is 0. The molecule has 4 aromatic rings. The smallest absolute Gasteiger partial charge is 0.262 e. The summed E-state index contributed by atoms with van der Waals surface area (Å²) in [6.07, 6.45) is 1.57. The van der Waals surface area contributed by atoms with Crippen LogP contribution in [0.25, 0.3) is 16.7 Å². The fraction of sp³-hybridized carbons (Fsp3) is 0.192. The van der Waals surface area contributed by atoms with Gasteiger partial charge in [-0.1, -0.05) is 18.2 Å². The number of pyridine rings is 1. The molecule has 34 heavy (non-hydrogen) atoms. The summed E-state index contributed by atoms with van der Waals surface area (Å²) in [6, 6.07) is 16.1. The van der Waals surface area contributed by atoms with Crippen molar-refractivity contribution in [3.05, 3.63) is 83.2 Å². The number of anilines is 1. The van der Waals surface area contributed by atoms with Crippen LogP contribution in [-0.4, -0.2) is 42.9 Å². The van der Waals surface area contributed by atoms with E-state index in [1.165, 1.54) is 17.0 Å².